The quantitative estimate of drug-likeness (QED) is 0.425. The molecule has 0 rings (SSSR count). The topological polar surface area (TPSA) is 12.4 Å². The van der Waals surface area contributed by atoms with Gasteiger partial charge in [0.15, 0.2) is 0 Å². The highest BCUT2D eigenvalue weighted by Gasteiger charge is 1.96. The highest BCUT2D eigenvalue weighted by atomic mass is 14.6. The smallest absolute Gasteiger partial charge is 0.0273 e. The molecule has 0 aromatic rings. The van der Waals surface area contributed by atoms with Crippen LogP contribution in [0, 0.1) is 5.92 Å². The van der Waals surface area contributed by atoms with Crippen LogP contribution in [0.5, 0.6) is 0 Å². The Balaban J connectivity index is 3.29. The molecule has 1 nitrogen and oxygen atoms in total. The van der Waals surface area contributed by atoms with Gasteiger partial charge in [0.2, 0.25) is 0 Å². The van der Waals surface area contributed by atoms with Crippen molar-refractivity contribution in [1.82, 2.24) is 0 Å². The Morgan fingerprint density at radius 2 is 2.18 bits per heavy atom. The summed E-state index contributed by atoms with van der Waals surface area (Å²) in [6, 6.07) is 0. The molecule has 0 fully saturated rings. The Bertz CT molecular complexity index is 125. The largest absolute Gasteiger partial charge is 0.301 e. The Morgan fingerprint density at radius 1 is 1.45 bits per heavy atom. The van der Waals surface area contributed by atoms with Crippen molar-refractivity contribution in [2.45, 2.75) is 33.1 Å². The number of aliphatic imine (C=N–C) groups is 1. The third kappa shape index (κ3) is 7.31. The molecule has 1 atom stereocenters. The van der Waals surface area contributed by atoms with Gasteiger partial charge < -0.3 is 4.99 Å². The average Bonchev–Trinajstić information content (AvgIpc) is 2.01. The van der Waals surface area contributed by atoms with E-state index in [2.05, 4.69) is 31.0 Å². The lowest BCUT2D eigenvalue weighted by atomic mass is 10.0. The third-order valence-corrected chi connectivity index (χ3v) is 1.75. The zero-order valence-corrected chi connectivity index (χ0v) is 7.88. The molecule has 0 N–H and O–H groups in total. The standard InChI is InChI=1S/C10H19N/c1-4-5-7-10(2)8-6-9-11-3/h4-5,9-10H,6-8H2,1-3H3. The molecule has 0 bridgehead atoms. The van der Waals surface area contributed by atoms with Gasteiger partial charge in [-0.3, -0.25) is 0 Å². The molecule has 0 aliphatic carbocycles. The molecule has 0 radical (unpaired) electrons. The summed E-state index contributed by atoms with van der Waals surface area (Å²) in [6.45, 7) is 4.35. The molecule has 0 aromatic carbocycles. The van der Waals surface area contributed by atoms with E-state index >= 15 is 0 Å². The Kier molecular flexibility index (Phi) is 7.11. The SMILES string of the molecule is CC=CCC(C)CCC=NC. The van der Waals surface area contributed by atoms with Gasteiger partial charge in [-0.2, -0.15) is 0 Å². The van der Waals surface area contributed by atoms with E-state index in [1.807, 2.05) is 13.3 Å². The van der Waals surface area contributed by atoms with E-state index in [1.54, 1.807) is 0 Å². The summed E-state index contributed by atoms with van der Waals surface area (Å²) < 4.78 is 0. The maximum absolute atomic E-state index is 3.94. The van der Waals surface area contributed by atoms with Gasteiger partial charge in [-0.25, -0.2) is 0 Å². The van der Waals surface area contributed by atoms with E-state index in [-0.39, 0.29) is 0 Å². The molecule has 0 aromatic heterocycles. The number of nitrogens with zero attached hydrogens (tertiary/aromatic N) is 1. The lowest BCUT2D eigenvalue weighted by Crippen LogP contribution is -1.92. The molecule has 0 amide bonds. The molecule has 0 spiro atoms. The zero-order valence-electron chi connectivity index (χ0n) is 7.88. The van der Waals surface area contributed by atoms with E-state index < -0.39 is 0 Å². The first-order valence-electron chi connectivity index (χ1n) is 4.33. The van der Waals surface area contributed by atoms with Gasteiger partial charge in [0, 0.05) is 7.05 Å². The van der Waals surface area contributed by atoms with Crippen LogP contribution in [0.4, 0.5) is 0 Å². The van der Waals surface area contributed by atoms with Crippen molar-refractivity contribution < 1.29 is 0 Å². The van der Waals surface area contributed by atoms with E-state index in [0.29, 0.717) is 0 Å². The second-order valence-electron chi connectivity index (χ2n) is 2.93. The molecule has 0 aliphatic rings. The summed E-state index contributed by atoms with van der Waals surface area (Å²) in [7, 11) is 1.83. The van der Waals surface area contributed by atoms with Crippen molar-refractivity contribution in [3.63, 3.8) is 0 Å². The average molecular weight is 153 g/mol. The van der Waals surface area contributed by atoms with Gasteiger partial charge in [-0.15, -0.1) is 0 Å². The molecule has 0 saturated carbocycles. The highest BCUT2D eigenvalue weighted by molar-refractivity contribution is 5.56. The van der Waals surface area contributed by atoms with E-state index in [9.17, 15) is 0 Å². The summed E-state index contributed by atoms with van der Waals surface area (Å²) in [5.41, 5.74) is 0. The molecule has 64 valence electrons. The van der Waals surface area contributed by atoms with Crippen LogP contribution in [0.2, 0.25) is 0 Å². The van der Waals surface area contributed by atoms with E-state index in [4.69, 9.17) is 0 Å². The van der Waals surface area contributed by atoms with Gasteiger partial charge >= 0.3 is 0 Å². The minimum Gasteiger partial charge on any atom is -0.301 e. The summed E-state index contributed by atoms with van der Waals surface area (Å²) in [5.74, 6) is 0.796. The first kappa shape index (κ1) is 10.4. The van der Waals surface area contributed by atoms with Crippen LogP contribution in [0.1, 0.15) is 33.1 Å². The van der Waals surface area contributed by atoms with Crippen LogP contribution in [0.25, 0.3) is 0 Å². The number of hydrogen-bond acceptors (Lipinski definition) is 1. The number of hydrogen-bond donors (Lipinski definition) is 0. The minimum atomic E-state index is 0.796. The highest BCUT2D eigenvalue weighted by Crippen LogP contribution is 2.09. The van der Waals surface area contributed by atoms with Crippen LogP contribution >= 0.6 is 0 Å². The fourth-order valence-corrected chi connectivity index (χ4v) is 0.974. The van der Waals surface area contributed by atoms with Crippen LogP contribution in [-0.4, -0.2) is 13.3 Å². The first-order valence-corrected chi connectivity index (χ1v) is 4.33. The van der Waals surface area contributed by atoms with Crippen LogP contribution in [-0.2, 0) is 0 Å². The van der Waals surface area contributed by atoms with Gasteiger partial charge in [0.05, 0.1) is 0 Å². The maximum Gasteiger partial charge on any atom is 0.0273 e. The van der Waals surface area contributed by atoms with Gasteiger partial charge in [0.25, 0.3) is 0 Å². The molecular weight excluding hydrogens is 134 g/mol. The summed E-state index contributed by atoms with van der Waals surface area (Å²) in [4.78, 5) is 3.94. The predicted molar refractivity (Wildman–Crippen MR) is 52.2 cm³/mol. The molecule has 1 unspecified atom stereocenters. The maximum atomic E-state index is 3.94. The number of allylic oxidation sites excluding steroid dienone is 2. The van der Waals surface area contributed by atoms with Crippen LogP contribution in [0.15, 0.2) is 17.1 Å². The molecule has 11 heavy (non-hydrogen) atoms. The second-order valence-corrected chi connectivity index (χ2v) is 2.93. The number of rotatable bonds is 5. The summed E-state index contributed by atoms with van der Waals surface area (Å²) in [6.07, 6.45) is 9.91. The minimum absolute atomic E-state index is 0.796. The van der Waals surface area contributed by atoms with Crippen molar-refractivity contribution in [2.75, 3.05) is 7.05 Å². The third-order valence-electron chi connectivity index (χ3n) is 1.75. The van der Waals surface area contributed by atoms with Crippen molar-refractivity contribution >= 4 is 6.21 Å². The van der Waals surface area contributed by atoms with Crippen LogP contribution < -0.4 is 0 Å². The van der Waals surface area contributed by atoms with Crippen LogP contribution in [0.3, 0.4) is 0 Å². The molecule has 0 aliphatic heterocycles. The second kappa shape index (κ2) is 7.52. The monoisotopic (exact) mass is 153 g/mol. The zero-order chi connectivity index (χ0) is 8.53. The van der Waals surface area contributed by atoms with E-state index in [1.165, 1.54) is 12.8 Å². The normalized spacial score (nSPS) is 14.8. The molecule has 0 heterocycles. The van der Waals surface area contributed by atoms with Crippen molar-refractivity contribution in [3.05, 3.63) is 12.2 Å². The lowest BCUT2D eigenvalue weighted by Gasteiger charge is -2.04. The Hall–Kier alpha value is -0.590. The Morgan fingerprint density at radius 3 is 2.73 bits per heavy atom. The van der Waals surface area contributed by atoms with Gasteiger partial charge in [-0.05, 0) is 38.3 Å². The fraction of sp³-hybridized carbons (Fsp3) is 0.700. The van der Waals surface area contributed by atoms with Gasteiger partial charge in [0.1, 0.15) is 0 Å². The summed E-state index contributed by atoms with van der Waals surface area (Å²) >= 11 is 0. The molecular formula is C10H19N. The van der Waals surface area contributed by atoms with Crippen molar-refractivity contribution in [1.29, 1.82) is 0 Å². The van der Waals surface area contributed by atoms with Crippen molar-refractivity contribution in [3.8, 4) is 0 Å². The van der Waals surface area contributed by atoms with Gasteiger partial charge in [-0.1, -0.05) is 19.1 Å². The predicted octanol–water partition coefficient (Wildman–Crippen LogP) is 3.07. The first-order chi connectivity index (χ1) is 5.31. The van der Waals surface area contributed by atoms with Crippen molar-refractivity contribution in [2.24, 2.45) is 10.9 Å². The fourth-order valence-electron chi connectivity index (χ4n) is 0.974. The molecule has 0 saturated heterocycles. The Labute approximate surface area is 70.2 Å². The molecule has 1 heteroatoms. The van der Waals surface area contributed by atoms with E-state index in [0.717, 1.165) is 12.3 Å². The lowest BCUT2D eigenvalue weighted by molar-refractivity contribution is 0.556. The summed E-state index contributed by atoms with van der Waals surface area (Å²) in [5, 5.41) is 0.